The maximum Gasteiger partial charge on any atom is 0.128 e. The highest BCUT2D eigenvalue weighted by Crippen LogP contribution is 2.37. The van der Waals surface area contributed by atoms with Crippen LogP contribution in [0.4, 0.5) is 11.4 Å². The summed E-state index contributed by atoms with van der Waals surface area (Å²) in [4.78, 5) is 9.25. The number of phenols is 2. The Morgan fingerprint density at radius 1 is 0.579 bits per heavy atom. The summed E-state index contributed by atoms with van der Waals surface area (Å²) in [6.45, 7) is 21.3. The molecule has 0 fully saturated rings. The highest BCUT2D eigenvalue weighted by Gasteiger charge is 2.22. The summed E-state index contributed by atoms with van der Waals surface area (Å²) in [6.07, 6.45) is 3.47. The third kappa shape index (κ3) is 6.92. The Kier molecular flexibility index (Phi) is 8.55. The van der Waals surface area contributed by atoms with Crippen molar-refractivity contribution in [2.75, 3.05) is 0 Å². The second kappa shape index (κ2) is 11.1. The minimum absolute atomic E-state index is 0.173. The van der Waals surface area contributed by atoms with Gasteiger partial charge in [0, 0.05) is 34.7 Å². The van der Waals surface area contributed by atoms with Crippen LogP contribution in [0.2, 0.25) is 0 Å². The maximum absolute atomic E-state index is 10.9. The molecule has 0 radical (unpaired) electrons. The first-order valence-electron chi connectivity index (χ1n) is 13.5. The molecular weight excluding hydrogens is 468 g/mol. The van der Waals surface area contributed by atoms with E-state index in [4.69, 9.17) is 0 Å². The van der Waals surface area contributed by atoms with E-state index in [-0.39, 0.29) is 22.3 Å². The summed E-state index contributed by atoms with van der Waals surface area (Å²) in [6, 6.07) is 15.9. The van der Waals surface area contributed by atoms with E-state index in [1.54, 1.807) is 12.4 Å². The van der Waals surface area contributed by atoms with E-state index >= 15 is 0 Å². The monoisotopic (exact) mass is 512 g/mol. The number of rotatable bonds is 6. The number of phenolic OH excluding ortho intramolecular Hbond substituents is 2. The van der Waals surface area contributed by atoms with Crippen molar-refractivity contribution < 1.29 is 10.2 Å². The van der Waals surface area contributed by atoms with Crippen LogP contribution in [0.3, 0.4) is 0 Å². The molecule has 4 heteroatoms. The predicted octanol–water partition coefficient (Wildman–Crippen LogP) is 9.44. The van der Waals surface area contributed by atoms with Gasteiger partial charge >= 0.3 is 0 Å². The summed E-state index contributed by atoms with van der Waals surface area (Å²) >= 11 is 0. The van der Waals surface area contributed by atoms with Gasteiger partial charge in [-0.25, -0.2) is 0 Å². The van der Waals surface area contributed by atoms with Crippen LogP contribution in [0.25, 0.3) is 0 Å². The molecule has 38 heavy (non-hydrogen) atoms. The van der Waals surface area contributed by atoms with Crippen molar-refractivity contribution in [1.82, 2.24) is 0 Å². The van der Waals surface area contributed by atoms with Crippen molar-refractivity contribution in [3.63, 3.8) is 0 Å². The minimum atomic E-state index is -0.173. The van der Waals surface area contributed by atoms with Crippen LogP contribution in [0, 0.1) is 0 Å². The number of benzene rings is 3. The number of nitrogens with zero attached hydrogens (tertiary/aromatic N) is 2. The molecule has 0 amide bonds. The Balaban J connectivity index is 1.89. The molecule has 3 aromatic carbocycles. The smallest absolute Gasteiger partial charge is 0.128 e. The van der Waals surface area contributed by atoms with Crippen molar-refractivity contribution in [3.05, 3.63) is 81.9 Å². The molecular formula is C34H44N2O2. The van der Waals surface area contributed by atoms with E-state index in [0.717, 1.165) is 33.6 Å². The predicted molar refractivity (Wildman–Crippen MR) is 163 cm³/mol. The molecule has 0 aliphatic carbocycles. The molecule has 0 heterocycles. The molecule has 0 aliphatic heterocycles. The van der Waals surface area contributed by atoms with Crippen molar-refractivity contribution in [2.45, 2.75) is 91.9 Å². The fourth-order valence-corrected chi connectivity index (χ4v) is 4.28. The fourth-order valence-electron chi connectivity index (χ4n) is 4.28. The second-order valence-electron chi connectivity index (χ2n) is 12.9. The van der Waals surface area contributed by atoms with E-state index in [0.29, 0.717) is 11.8 Å². The molecule has 0 aliphatic rings. The highest BCUT2D eigenvalue weighted by molar-refractivity contribution is 5.88. The number of hydrogen-bond acceptors (Lipinski definition) is 4. The average Bonchev–Trinajstić information content (AvgIpc) is 2.81. The summed E-state index contributed by atoms with van der Waals surface area (Å²) in [7, 11) is 0. The Bertz CT molecular complexity index is 1230. The van der Waals surface area contributed by atoms with Gasteiger partial charge in [-0.15, -0.1) is 0 Å². The van der Waals surface area contributed by atoms with Crippen LogP contribution in [0.5, 0.6) is 11.5 Å². The first-order valence-corrected chi connectivity index (χ1v) is 13.5. The topological polar surface area (TPSA) is 65.2 Å². The molecule has 0 saturated heterocycles. The minimum Gasteiger partial charge on any atom is -0.507 e. The summed E-state index contributed by atoms with van der Waals surface area (Å²) < 4.78 is 0. The summed E-state index contributed by atoms with van der Waals surface area (Å²) in [5.74, 6) is 1.26. The maximum atomic E-state index is 10.9. The molecule has 0 spiro atoms. The molecule has 3 aromatic rings. The Morgan fingerprint density at radius 2 is 0.895 bits per heavy atom. The van der Waals surface area contributed by atoms with Crippen LogP contribution in [-0.4, -0.2) is 22.6 Å². The number of hydrogen-bond donors (Lipinski definition) is 2. The Hall–Kier alpha value is -3.40. The zero-order valence-corrected chi connectivity index (χ0v) is 24.7. The van der Waals surface area contributed by atoms with E-state index in [1.807, 2.05) is 36.4 Å². The summed E-state index contributed by atoms with van der Waals surface area (Å²) in [5, 5.41) is 21.9. The van der Waals surface area contributed by atoms with Gasteiger partial charge in [-0.2, -0.15) is 0 Å². The van der Waals surface area contributed by atoms with Gasteiger partial charge in [0.05, 0.1) is 11.4 Å². The van der Waals surface area contributed by atoms with Gasteiger partial charge in [0.2, 0.25) is 0 Å². The second-order valence-corrected chi connectivity index (χ2v) is 12.9. The molecule has 3 rings (SSSR count). The van der Waals surface area contributed by atoms with Crippen LogP contribution >= 0.6 is 0 Å². The molecule has 0 bridgehead atoms. The fraction of sp³-hybridized carbons (Fsp3) is 0.412. The van der Waals surface area contributed by atoms with Crippen molar-refractivity contribution >= 4 is 23.8 Å². The van der Waals surface area contributed by atoms with Gasteiger partial charge in [-0.1, -0.05) is 81.4 Å². The standard InChI is InChI=1S/C34H44N2O2/c1-21(2)23-15-25(31(37)29(17-23)33(5,6)7)19-35-27-11-13-28(14-12-27)36-20-26-16-24(22(3)4)18-30(32(26)38)34(8,9)10/h11-22,37-38H,1-10H3. The van der Waals surface area contributed by atoms with Gasteiger partial charge in [0.15, 0.2) is 0 Å². The highest BCUT2D eigenvalue weighted by atomic mass is 16.3. The van der Waals surface area contributed by atoms with Crippen molar-refractivity contribution in [1.29, 1.82) is 0 Å². The molecule has 0 atom stereocenters. The van der Waals surface area contributed by atoms with Crippen LogP contribution in [-0.2, 0) is 10.8 Å². The van der Waals surface area contributed by atoms with Crippen molar-refractivity contribution in [2.24, 2.45) is 9.98 Å². The first kappa shape index (κ1) is 29.2. The van der Waals surface area contributed by atoms with Crippen molar-refractivity contribution in [3.8, 4) is 11.5 Å². The zero-order chi connectivity index (χ0) is 28.4. The third-order valence-electron chi connectivity index (χ3n) is 6.83. The zero-order valence-electron chi connectivity index (χ0n) is 24.7. The molecule has 4 nitrogen and oxygen atoms in total. The van der Waals surface area contributed by atoms with E-state index in [2.05, 4.69) is 91.4 Å². The SMILES string of the molecule is CC(C)c1cc(C=Nc2ccc(N=Cc3cc(C(C)C)cc(C(C)(C)C)c3O)cc2)c(O)c(C(C)(C)C)c1. The molecule has 0 unspecified atom stereocenters. The Morgan fingerprint density at radius 3 is 1.16 bits per heavy atom. The summed E-state index contributed by atoms with van der Waals surface area (Å²) in [5.41, 5.74) is 6.85. The number of aliphatic imine (C=N–C) groups is 2. The largest absolute Gasteiger partial charge is 0.507 e. The lowest BCUT2D eigenvalue weighted by Gasteiger charge is -2.23. The van der Waals surface area contributed by atoms with Gasteiger partial charge < -0.3 is 10.2 Å². The quantitative estimate of drug-likeness (QED) is 0.323. The van der Waals surface area contributed by atoms with E-state index in [9.17, 15) is 10.2 Å². The van der Waals surface area contributed by atoms with E-state index < -0.39 is 0 Å². The Labute approximate surface area is 229 Å². The van der Waals surface area contributed by atoms with Crippen LogP contribution < -0.4 is 0 Å². The first-order chi connectivity index (χ1) is 17.6. The van der Waals surface area contributed by atoms with Crippen LogP contribution in [0.1, 0.15) is 114 Å². The van der Waals surface area contributed by atoms with Gasteiger partial charge in [-0.3, -0.25) is 9.98 Å². The van der Waals surface area contributed by atoms with Gasteiger partial charge in [0.25, 0.3) is 0 Å². The molecule has 0 saturated carbocycles. The lowest BCUT2D eigenvalue weighted by molar-refractivity contribution is 0.444. The van der Waals surface area contributed by atoms with Gasteiger partial charge in [-0.05, 0) is 70.2 Å². The van der Waals surface area contributed by atoms with E-state index in [1.165, 1.54) is 11.1 Å². The third-order valence-corrected chi connectivity index (χ3v) is 6.83. The number of aromatic hydroxyl groups is 2. The van der Waals surface area contributed by atoms with Crippen LogP contribution in [0.15, 0.2) is 58.5 Å². The lowest BCUT2D eigenvalue weighted by atomic mass is 9.82. The lowest BCUT2D eigenvalue weighted by Crippen LogP contribution is -2.13. The molecule has 202 valence electrons. The average molecular weight is 513 g/mol. The normalized spacial score (nSPS) is 12.9. The molecule has 2 N–H and O–H groups in total. The van der Waals surface area contributed by atoms with Gasteiger partial charge in [0.1, 0.15) is 11.5 Å². The molecule has 0 aromatic heterocycles.